The van der Waals surface area contributed by atoms with E-state index in [1.54, 1.807) is 0 Å². The molecular weight excluding hydrogens is 232 g/mol. The van der Waals surface area contributed by atoms with E-state index in [0.29, 0.717) is 0 Å². The molecule has 0 unspecified atom stereocenters. The summed E-state index contributed by atoms with van der Waals surface area (Å²) in [6, 6.07) is 0. The first kappa shape index (κ1) is 14.4. The number of esters is 1. The minimum Gasteiger partial charge on any atom is -0.458 e. The topological polar surface area (TPSA) is 35.5 Å². The Morgan fingerprint density at radius 3 is 2.24 bits per heavy atom. The molecule has 0 radical (unpaired) electrons. The maximum absolute atomic E-state index is 10.9. The standard InChI is InChI=1S/C13H24O3Si/c1-10(14)15-11-7-8-12(9-11)16-17(5,6)13(2,3)4/h7-8,11-12H,9H2,1-6H3/t11-,12+/m1/s1. The fourth-order valence-corrected chi connectivity index (χ4v) is 2.86. The fraction of sp³-hybridized carbons (Fsp3) is 0.769. The summed E-state index contributed by atoms with van der Waals surface area (Å²) in [6.45, 7) is 12.6. The van der Waals surface area contributed by atoms with Crippen LogP contribution in [0, 0.1) is 0 Å². The lowest BCUT2D eigenvalue weighted by molar-refractivity contribution is -0.144. The largest absolute Gasteiger partial charge is 0.458 e. The van der Waals surface area contributed by atoms with Crippen LogP contribution in [0.2, 0.25) is 18.1 Å². The summed E-state index contributed by atoms with van der Waals surface area (Å²) in [4.78, 5) is 10.9. The molecule has 0 aromatic rings. The van der Waals surface area contributed by atoms with Crippen LogP contribution < -0.4 is 0 Å². The zero-order valence-corrected chi connectivity index (χ0v) is 12.7. The Morgan fingerprint density at radius 2 is 1.76 bits per heavy atom. The molecule has 17 heavy (non-hydrogen) atoms. The molecule has 0 heterocycles. The molecule has 0 aliphatic heterocycles. The molecule has 1 rings (SSSR count). The van der Waals surface area contributed by atoms with E-state index in [4.69, 9.17) is 9.16 Å². The van der Waals surface area contributed by atoms with Crippen molar-refractivity contribution in [3.05, 3.63) is 12.2 Å². The molecule has 0 spiro atoms. The summed E-state index contributed by atoms with van der Waals surface area (Å²) < 4.78 is 11.4. The second-order valence-corrected chi connectivity index (χ2v) is 10.9. The highest BCUT2D eigenvalue weighted by Crippen LogP contribution is 2.38. The third-order valence-electron chi connectivity index (χ3n) is 3.57. The first-order valence-corrected chi connectivity index (χ1v) is 9.06. The van der Waals surface area contributed by atoms with E-state index < -0.39 is 8.32 Å². The van der Waals surface area contributed by atoms with Gasteiger partial charge < -0.3 is 9.16 Å². The molecule has 0 amide bonds. The fourth-order valence-electron chi connectivity index (χ4n) is 1.58. The molecule has 0 N–H and O–H groups in total. The van der Waals surface area contributed by atoms with Gasteiger partial charge in [0.1, 0.15) is 6.10 Å². The number of hydrogen-bond donors (Lipinski definition) is 0. The predicted octanol–water partition coefficient (Wildman–Crippen LogP) is 3.27. The van der Waals surface area contributed by atoms with Crippen molar-refractivity contribution in [3.63, 3.8) is 0 Å². The summed E-state index contributed by atoms with van der Waals surface area (Å²) in [6.07, 6.45) is 4.70. The second-order valence-electron chi connectivity index (χ2n) is 6.19. The van der Waals surface area contributed by atoms with Crippen LogP contribution in [0.1, 0.15) is 34.1 Å². The van der Waals surface area contributed by atoms with Crippen molar-refractivity contribution >= 4 is 14.3 Å². The normalized spacial score (nSPS) is 25.1. The third kappa shape index (κ3) is 3.96. The van der Waals surface area contributed by atoms with Crippen LogP contribution >= 0.6 is 0 Å². The van der Waals surface area contributed by atoms with Crippen LogP contribution in [0.15, 0.2) is 12.2 Å². The van der Waals surface area contributed by atoms with Gasteiger partial charge in [-0.3, -0.25) is 4.79 Å². The molecule has 4 heteroatoms. The molecule has 0 saturated carbocycles. The van der Waals surface area contributed by atoms with E-state index in [1.165, 1.54) is 6.92 Å². The van der Waals surface area contributed by atoms with Crippen LogP contribution in [-0.4, -0.2) is 26.5 Å². The maximum atomic E-state index is 10.9. The van der Waals surface area contributed by atoms with Gasteiger partial charge in [-0.25, -0.2) is 0 Å². The number of hydrogen-bond acceptors (Lipinski definition) is 3. The van der Waals surface area contributed by atoms with Crippen LogP contribution in [-0.2, 0) is 14.0 Å². The smallest absolute Gasteiger partial charge is 0.303 e. The molecular formula is C13H24O3Si. The van der Waals surface area contributed by atoms with Crippen LogP contribution in [0.25, 0.3) is 0 Å². The summed E-state index contributed by atoms with van der Waals surface area (Å²) in [7, 11) is -1.73. The molecule has 1 aliphatic carbocycles. The van der Waals surface area contributed by atoms with Gasteiger partial charge in [0.05, 0.1) is 6.10 Å². The first-order chi connectivity index (χ1) is 7.62. The Hall–Kier alpha value is -0.613. The van der Waals surface area contributed by atoms with E-state index >= 15 is 0 Å². The molecule has 3 nitrogen and oxygen atoms in total. The third-order valence-corrected chi connectivity index (χ3v) is 8.08. The zero-order valence-electron chi connectivity index (χ0n) is 11.7. The van der Waals surface area contributed by atoms with E-state index in [9.17, 15) is 4.79 Å². The van der Waals surface area contributed by atoms with Crippen molar-refractivity contribution in [1.82, 2.24) is 0 Å². The molecule has 98 valence electrons. The van der Waals surface area contributed by atoms with Crippen LogP contribution in [0.4, 0.5) is 0 Å². The predicted molar refractivity (Wildman–Crippen MR) is 71.4 cm³/mol. The highest BCUT2D eigenvalue weighted by atomic mass is 28.4. The summed E-state index contributed by atoms with van der Waals surface area (Å²) in [5.41, 5.74) is 0. The van der Waals surface area contributed by atoms with Crippen LogP contribution in [0.3, 0.4) is 0 Å². The lowest BCUT2D eigenvalue weighted by atomic mass is 10.2. The van der Waals surface area contributed by atoms with Gasteiger partial charge in [-0.15, -0.1) is 0 Å². The van der Waals surface area contributed by atoms with Crippen molar-refractivity contribution < 1.29 is 14.0 Å². The molecule has 0 aromatic carbocycles. The lowest BCUT2D eigenvalue weighted by Gasteiger charge is -2.38. The van der Waals surface area contributed by atoms with E-state index in [2.05, 4.69) is 33.9 Å². The highest BCUT2D eigenvalue weighted by Gasteiger charge is 2.39. The van der Waals surface area contributed by atoms with Gasteiger partial charge in [-0.1, -0.05) is 26.8 Å². The highest BCUT2D eigenvalue weighted by molar-refractivity contribution is 6.74. The summed E-state index contributed by atoms with van der Waals surface area (Å²) in [5.74, 6) is -0.229. The molecule has 0 saturated heterocycles. The van der Waals surface area contributed by atoms with Gasteiger partial charge in [-0.2, -0.15) is 0 Å². The van der Waals surface area contributed by atoms with E-state index in [1.807, 2.05) is 12.2 Å². The molecule has 0 fully saturated rings. The first-order valence-electron chi connectivity index (χ1n) is 6.15. The monoisotopic (exact) mass is 256 g/mol. The van der Waals surface area contributed by atoms with Gasteiger partial charge in [-0.05, 0) is 24.2 Å². The number of rotatable bonds is 3. The Bertz CT molecular complexity index is 315. The second kappa shape index (κ2) is 4.94. The van der Waals surface area contributed by atoms with Gasteiger partial charge >= 0.3 is 5.97 Å². The van der Waals surface area contributed by atoms with Crippen molar-refractivity contribution in [3.8, 4) is 0 Å². The Labute approximate surface area is 105 Å². The van der Waals surface area contributed by atoms with Gasteiger partial charge in [0.15, 0.2) is 8.32 Å². The average molecular weight is 256 g/mol. The quantitative estimate of drug-likeness (QED) is 0.442. The number of ether oxygens (including phenoxy) is 1. The van der Waals surface area contributed by atoms with Crippen LogP contribution in [0.5, 0.6) is 0 Å². The minimum atomic E-state index is -1.73. The average Bonchev–Trinajstić information content (AvgIpc) is 2.48. The van der Waals surface area contributed by atoms with Crippen molar-refractivity contribution in [2.24, 2.45) is 0 Å². The number of carbonyl (C=O) groups is 1. The summed E-state index contributed by atoms with van der Waals surface area (Å²) in [5, 5.41) is 0.209. The molecule has 0 aromatic heterocycles. The van der Waals surface area contributed by atoms with E-state index in [-0.39, 0.29) is 23.2 Å². The van der Waals surface area contributed by atoms with Gasteiger partial charge in [0.25, 0.3) is 0 Å². The van der Waals surface area contributed by atoms with Gasteiger partial charge in [0.2, 0.25) is 0 Å². The Kier molecular flexibility index (Phi) is 4.20. The molecule has 1 aliphatic rings. The SMILES string of the molecule is CC(=O)O[C@@H]1C=C[C@H](O[Si](C)(C)C(C)(C)C)C1. The van der Waals surface area contributed by atoms with Crippen molar-refractivity contribution in [2.75, 3.05) is 0 Å². The molecule has 2 atom stereocenters. The Balaban J connectivity index is 2.52. The number of carbonyl (C=O) groups excluding carboxylic acids is 1. The molecule has 0 bridgehead atoms. The minimum absolute atomic E-state index is 0.0974. The van der Waals surface area contributed by atoms with Crippen molar-refractivity contribution in [1.29, 1.82) is 0 Å². The Morgan fingerprint density at radius 1 is 1.24 bits per heavy atom. The van der Waals surface area contributed by atoms with Gasteiger partial charge in [0, 0.05) is 13.3 Å². The maximum Gasteiger partial charge on any atom is 0.303 e. The summed E-state index contributed by atoms with van der Waals surface area (Å²) >= 11 is 0. The lowest BCUT2D eigenvalue weighted by Crippen LogP contribution is -2.43. The van der Waals surface area contributed by atoms with E-state index in [0.717, 1.165) is 6.42 Å². The van der Waals surface area contributed by atoms with Crippen molar-refractivity contribution in [2.45, 2.75) is 64.5 Å². The zero-order chi connectivity index (χ0) is 13.3.